The smallest absolute Gasteiger partial charge is 0.193 e. The maximum Gasteiger partial charge on any atom is 0.193 e. The number of ether oxygens (including phenoxy) is 1. The van der Waals surface area contributed by atoms with Crippen molar-refractivity contribution in [3.05, 3.63) is 51.3 Å². The highest BCUT2D eigenvalue weighted by Crippen LogP contribution is 2.26. The van der Waals surface area contributed by atoms with Crippen molar-refractivity contribution in [2.45, 2.75) is 13.5 Å². The molecule has 0 aliphatic heterocycles. The third-order valence-corrected chi connectivity index (χ3v) is 5.12. The summed E-state index contributed by atoms with van der Waals surface area (Å²) in [5.41, 5.74) is 1.04. The van der Waals surface area contributed by atoms with Crippen molar-refractivity contribution in [1.82, 2.24) is 4.57 Å². The predicted molar refractivity (Wildman–Crippen MR) is 89.5 cm³/mol. The molecule has 21 heavy (non-hydrogen) atoms. The molecule has 0 aliphatic carbocycles. The SMILES string of the molecule is CCOc1ccc2c(ccn2CC(=O)c2sccc2Br)c1. The van der Waals surface area contributed by atoms with Crippen LogP contribution in [0.1, 0.15) is 16.6 Å². The fraction of sp³-hybridized carbons (Fsp3) is 0.188. The second-order valence-electron chi connectivity index (χ2n) is 4.62. The third kappa shape index (κ3) is 2.89. The summed E-state index contributed by atoms with van der Waals surface area (Å²) < 4.78 is 8.34. The van der Waals surface area contributed by atoms with E-state index in [1.165, 1.54) is 11.3 Å². The molecule has 3 nitrogen and oxygen atoms in total. The lowest BCUT2D eigenvalue weighted by atomic mass is 10.2. The van der Waals surface area contributed by atoms with Gasteiger partial charge in [-0.15, -0.1) is 11.3 Å². The molecule has 0 saturated carbocycles. The summed E-state index contributed by atoms with van der Waals surface area (Å²) in [5, 5.41) is 3.00. The number of benzene rings is 1. The number of Topliss-reactive ketones (excluding diaryl/α,β-unsaturated/α-hetero) is 1. The largest absolute Gasteiger partial charge is 0.494 e. The molecule has 0 bridgehead atoms. The molecule has 3 aromatic rings. The molecule has 0 atom stereocenters. The van der Waals surface area contributed by atoms with Crippen LogP contribution in [0.4, 0.5) is 0 Å². The first-order valence-electron chi connectivity index (χ1n) is 6.67. The number of halogens is 1. The van der Waals surface area contributed by atoms with Crippen LogP contribution < -0.4 is 4.74 Å². The summed E-state index contributed by atoms with van der Waals surface area (Å²) in [6.45, 7) is 2.96. The van der Waals surface area contributed by atoms with E-state index < -0.39 is 0 Å². The molecular formula is C16H14BrNO2S. The summed E-state index contributed by atoms with van der Waals surface area (Å²) in [7, 11) is 0. The number of aromatic nitrogens is 1. The summed E-state index contributed by atoms with van der Waals surface area (Å²) in [4.78, 5) is 13.1. The molecule has 2 aromatic heterocycles. The molecule has 0 N–H and O–H groups in total. The Labute approximate surface area is 135 Å². The quantitative estimate of drug-likeness (QED) is 0.612. The summed E-state index contributed by atoms with van der Waals surface area (Å²) in [5.74, 6) is 0.971. The molecule has 108 valence electrons. The zero-order valence-corrected chi connectivity index (χ0v) is 13.9. The number of hydrogen-bond donors (Lipinski definition) is 0. The molecule has 3 rings (SSSR count). The van der Waals surface area contributed by atoms with Crippen LogP contribution in [0.25, 0.3) is 10.9 Å². The normalized spacial score (nSPS) is 11.0. The number of ketones is 1. The van der Waals surface area contributed by atoms with E-state index in [0.29, 0.717) is 13.2 Å². The molecule has 0 aliphatic rings. The van der Waals surface area contributed by atoms with Crippen molar-refractivity contribution < 1.29 is 9.53 Å². The molecular weight excluding hydrogens is 350 g/mol. The summed E-state index contributed by atoms with van der Waals surface area (Å²) in [6, 6.07) is 9.85. The van der Waals surface area contributed by atoms with Crippen molar-refractivity contribution in [3.8, 4) is 5.75 Å². The van der Waals surface area contributed by atoms with Crippen LogP contribution >= 0.6 is 27.3 Å². The van der Waals surface area contributed by atoms with Gasteiger partial charge in [0, 0.05) is 21.6 Å². The average molecular weight is 364 g/mol. The Morgan fingerprint density at radius 1 is 1.33 bits per heavy atom. The van der Waals surface area contributed by atoms with Crippen molar-refractivity contribution in [3.63, 3.8) is 0 Å². The molecule has 0 radical (unpaired) electrons. The fourth-order valence-electron chi connectivity index (χ4n) is 2.29. The summed E-state index contributed by atoms with van der Waals surface area (Å²) >= 11 is 4.88. The molecule has 5 heteroatoms. The minimum atomic E-state index is 0.114. The molecule has 0 amide bonds. The highest BCUT2D eigenvalue weighted by atomic mass is 79.9. The van der Waals surface area contributed by atoms with Crippen LogP contribution in [0.5, 0.6) is 5.75 Å². The number of rotatable bonds is 5. The van der Waals surface area contributed by atoms with Gasteiger partial charge in [0.1, 0.15) is 5.75 Å². The van der Waals surface area contributed by atoms with Gasteiger partial charge < -0.3 is 9.30 Å². The maximum absolute atomic E-state index is 12.3. The van der Waals surface area contributed by atoms with Gasteiger partial charge in [0.15, 0.2) is 5.78 Å². The first-order valence-corrected chi connectivity index (χ1v) is 8.34. The summed E-state index contributed by atoms with van der Waals surface area (Å²) in [6.07, 6.45) is 1.94. The maximum atomic E-state index is 12.3. The van der Waals surface area contributed by atoms with Gasteiger partial charge in [-0.3, -0.25) is 4.79 Å². The lowest BCUT2D eigenvalue weighted by molar-refractivity contribution is 0.0977. The van der Waals surface area contributed by atoms with Crippen molar-refractivity contribution in [1.29, 1.82) is 0 Å². The zero-order chi connectivity index (χ0) is 14.8. The molecule has 0 spiro atoms. The second kappa shape index (κ2) is 6.03. The Morgan fingerprint density at radius 2 is 2.19 bits per heavy atom. The highest BCUT2D eigenvalue weighted by Gasteiger charge is 2.13. The van der Waals surface area contributed by atoms with Crippen LogP contribution in [0.3, 0.4) is 0 Å². The number of carbonyl (C=O) groups is 1. The van der Waals surface area contributed by atoms with Crippen molar-refractivity contribution >= 4 is 44.0 Å². The molecule has 1 aromatic carbocycles. The minimum Gasteiger partial charge on any atom is -0.494 e. The Hall–Kier alpha value is -1.59. The number of nitrogens with zero attached hydrogens (tertiary/aromatic N) is 1. The Kier molecular flexibility index (Phi) is 4.12. The van der Waals surface area contributed by atoms with E-state index in [9.17, 15) is 4.79 Å². The van der Waals surface area contributed by atoms with Crippen molar-refractivity contribution in [2.24, 2.45) is 0 Å². The molecule has 0 saturated heterocycles. The predicted octanol–water partition coefficient (Wildman–Crippen LogP) is 4.75. The molecule has 0 unspecified atom stereocenters. The topological polar surface area (TPSA) is 31.2 Å². The number of hydrogen-bond acceptors (Lipinski definition) is 3. The third-order valence-electron chi connectivity index (χ3n) is 3.24. The first kappa shape index (κ1) is 14.4. The first-order chi connectivity index (χ1) is 10.2. The van der Waals surface area contributed by atoms with Gasteiger partial charge in [0.2, 0.25) is 0 Å². The van der Waals surface area contributed by atoms with Gasteiger partial charge in [0.05, 0.1) is 18.0 Å². The van der Waals surface area contributed by atoms with E-state index in [1.54, 1.807) is 0 Å². The minimum absolute atomic E-state index is 0.114. The van der Waals surface area contributed by atoms with E-state index >= 15 is 0 Å². The fourth-order valence-corrected chi connectivity index (χ4v) is 3.82. The Balaban J connectivity index is 1.88. The van der Waals surface area contributed by atoms with Gasteiger partial charge in [-0.2, -0.15) is 0 Å². The number of thiophene rings is 1. The van der Waals surface area contributed by atoms with E-state index in [1.807, 2.05) is 53.4 Å². The van der Waals surface area contributed by atoms with Gasteiger partial charge in [0.25, 0.3) is 0 Å². The second-order valence-corrected chi connectivity index (χ2v) is 6.39. The number of carbonyl (C=O) groups excluding carboxylic acids is 1. The van der Waals surface area contributed by atoms with Crippen LogP contribution in [0.15, 0.2) is 46.4 Å². The number of fused-ring (bicyclic) bond motifs is 1. The Bertz CT molecular complexity index is 791. The van der Waals surface area contributed by atoms with Gasteiger partial charge >= 0.3 is 0 Å². The average Bonchev–Trinajstić information content (AvgIpc) is 3.06. The zero-order valence-electron chi connectivity index (χ0n) is 11.5. The van der Waals surface area contributed by atoms with E-state index in [4.69, 9.17) is 4.74 Å². The molecule has 0 fully saturated rings. The van der Waals surface area contributed by atoms with E-state index in [2.05, 4.69) is 15.9 Å². The van der Waals surface area contributed by atoms with Gasteiger partial charge in [-0.05, 0) is 58.6 Å². The van der Waals surface area contributed by atoms with Gasteiger partial charge in [-0.25, -0.2) is 0 Å². The lowest BCUT2D eigenvalue weighted by Gasteiger charge is -2.06. The van der Waals surface area contributed by atoms with Gasteiger partial charge in [-0.1, -0.05) is 0 Å². The van der Waals surface area contributed by atoms with Crippen LogP contribution in [-0.2, 0) is 6.54 Å². The van der Waals surface area contributed by atoms with Crippen LogP contribution in [-0.4, -0.2) is 17.0 Å². The lowest BCUT2D eigenvalue weighted by Crippen LogP contribution is -2.08. The van der Waals surface area contributed by atoms with E-state index in [-0.39, 0.29) is 5.78 Å². The van der Waals surface area contributed by atoms with E-state index in [0.717, 1.165) is 26.0 Å². The highest BCUT2D eigenvalue weighted by molar-refractivity contribution is 9.10. The Morgan fingerprint density at radius 3 is 2.90 bits per heavy atom. The monoisotopic (exact) mass is 363 g/mol. The molecule has 2 heterocycles. The van der Waals surface area contributed by atoms with Crippen LogP contribution in [0.2, 0.25) is 0 Å². The van der Waals surface area contributed by atoms with Crippen LogP contribution in [0, 0.1) is 0 Å². The standard InChI is InChI=1S/C16H14BrNO2S/c1-2-20-12-3-4-14-11(9-12)5-7-18(14)10-15(19)16-13(17)6-8-21-16/h3-9H,2,10H2,1H3. The van der Waals surface area contributed by atoms with Crippen molar-refractivity contribution in [2.75, 3.05) is 6.61 Å².